The van der Waals surface area contributed by atoms with Gasteiger partial charge in [-0.2, -0.15) is 0 Å². The Labute approximate surface area is 108 Å². The highest BCUT2D eigenvalue weighted by Crippen LogP contribution is 2.41. The number of aryl methyl sites for hydroxylation is 1. The number of hydrogen-bond acceptors (Lipinski definition) is 2. The number of rotatable bonds is 3. The number of carbonyl (C=O) groups is 1. The zero-order chi connectivity index (χ0) is 13.2. The van der Waals surface area contributed by atoms with E-state index in [0.29, 0.717) is 12.3 Å². The zero-order valence-electron chi connectivity index (χ0n) is 11.1. The highest BCUT2D eigenvalue weighted by molar-refractivity contribution is 5.75. The molecule has 1 saturated carbocycles. The van der Waals surface area contributed by atoms with Crippen LogP contribution in [0.25, 0.3) is 0 Å². The maximum Gasteiger partial charge on any atom is 0.309 e. The van der Waals surface area contributed by atoms with Crippen LogP contribution in [-0.4, -0.2) is 16.1 Å². The third kappa shape index (κ3) is 2.71. The molecular weight excluding hydrogens is 226 g/mol. The minimum Gasteiger partial charge on any atom is -0.481 e. The lowest BCUT2D eigenvalue weighted by Crippen LogP contribution is -2.37. The molecule has 1 aromatic rings. The topological polar surface area (TPSA) is 50.2 Å². The number of hydrogen-bond donors (Lipinski definition) is 1. The van der Waals surface area contributed by atoms with Crippen LogP contribution in [0.4, 0.5) is 0 Å². The fourth-order valence-corrected chi connectivity index (χ4v) is 2.89. The van der Waals surface area contributed by atoms with Gasteiger partial charge in [0.05, 0.1) is 5.41 Å². The summed E-state index contributed by atoms with van der Waals surface area (Å²) >= 11 is 0. The first-order valence-electron chi connectivity index (χ1n) is 6.66. The number of aliphatic carboxylic acids is 1. The standard InChI is InChI=1S/C15H21NO2/c1-11-3-5-15(6-4-11,14(17)18)8-13-7-12(2)9-16-10-13/h7,9-11H,3-6,8H2,1-2H3,(H,17,18). The van der Waals surface area contributed by atoms with E-state index >= 15 is 0 Å². The van der Waals surface area contributed by atoms with Gasteiger partial charge in [0.25, 0.3) is 0 Å². The Morgan fingerprint density at radius 2 is 2.11 bits per heavy atom. The van der Waals surface area contributed by atoms with Crippen molar-refractivity contribution in [1.29, 1.82) is 0 Å². The monoisotopic (exact) mass is 247 g/mol. The van der Waals surface area contributed by atoms with Crippen molar-refractivity contribution in [2.24, 2.45) is 11.3 Å². The van der Waals surface area contributed by atoms with Crippen LogP contribution in [0.2, 0.25) is 0 Å². The molecule has 0 atom stereocenters. The molecular formula is C15H21NO2. The van der Waals surface area contributed by atoms with Crippen molar-refractivity contribution in [3.8, 4) is 0 Å². The van der Waals surface area contributed by atoms with E-state index in [4.69, 9.17) is 0 Å². The van der Waals surface area contributed by atoms with Crippen LogP contribution < -0.4 is 0 Å². The lowest BCUT2D eigenvalue weighted by Gasteiger charge is -2.35. The average Bonchev–Trinajstić information content (AvgIpc) is 2.32. The van der Waals surface area contributed by atoms with E-state index in [-0.39, 0.29) is 0 Å². The molecule has 1 aliphatic rings. The van der Waals surface area contributed by atoms with Crippen molar-refractivity contribution in [1.82, 2.24) is 4.98 Å². The smallest absolute Gasteiger partial charge is 0.309 e. The van der Waals surface area contributed by atoms with Gasteiger partial charge in [0, 0.05) is 12.4 Å². The predicted octanol–water partition coefficient (Wildman–Crippen LogP) is 3.21. The first-order chi connectivity index (χ1) is 8.52. The summed E-state index contributed by atoms with van der Waals surface area (Å²) in [6, 6.07) is 2.05. The molecule has 0 radical (unpaired) electrons. The third-order valence-electron chi connectivity index (χ3n) is 4.16. The van der Waals surface area contributed by atoms with Crippen LogP contribution in [0.15, 0.2) is 18.5 Å². The van der Waals surface area contributed by atoms with Gasteiger partial charge < -0.3 is 5.11 Å². The summed E-state index contributed by atoms with van der Waals surface area (Å²) in [6.07, 6.45) is 7.84. The highest BCUT2D eigenvalue weighted by atomic mass is 16.4. The maximum atomic E-state index is 11.7. The van der Waals surface area contributed by atoms with Gasteiger partial charge in [-0.05, 0) is 56.1 Å². The average molecular weight is 247 g/mol. The number of pyridine rings is 1. The molecule has 0 amide bonds. The Hall–Kier alpha value is -1.38. The third-order valence-corrected chi connectivity index (χ3v) is 4.16. The SMILES string of the molecule is Cc1cncc(CC2(C(=O)O)CCC(C)CC2)c1. The summed E-state index contributed by atoms with van der Waals surface area (Å²) in [5.41, 5.74) is 1.58. The predicted molar refractivity (Wildman–Crippen MR) is 70.4 cm³/mol. The summed E-state index contributed by atoms with van der Waals surface area (Å²) in [5, 5.41) is 9.59. The molecule has 0 spiro atoms. The van der Waals surface area contributed by atoms with E-state index in [9.17, 15) is 9.90 Å². The summed E-state index contributed by atoms with van der Waals surface area (Å²) in [5.74, 6) is 0.0176. The van der Waals surface area contributed by atoms with Crippen LogP contribution in [-0.2, 0) is 11.2 Å². The molecule has 1 fully saturated rings. The number of carboxylic acids is 1. The highest BCUT2D eigenvalue weighted by Gasteiger charge is 2.41. The minimum absolute atomic E-state index is 0.567. The van der Waals surface area contributed by atoms with Crippen LogP contribution in [0.5, 0.6) is 0 Å². The summed E-state index contributed by atoms with van der Waals surface area (Å²) in [7, 11) is 0. The zero-order valence-corrected chi connectivity index (χ0v) is 11.1. The van der Waals surface area contributed by atoms with Gasteiger partial charge in [-0.3, -0.25) is 9.78 Å². The molecule has 18 heavy (non-hydrogen) atoms. The molecule has 3 nitrogen and oxygen atoms in total. The van der Waals surface area contributed by atoms with Crippen LogP contribution >= 0.6 is 0 Å². The first kappa shape index (κ1) is 13.1. The van der Waals surface area contributed by atoms with Gasteiger partial charge in [0.15, 0.2) is 0 Å². The molecule has 0 saturated heterocycles. The van der Waals surface area contributed by atoms with Crippen molar-refractivity contribution >= 4 is 5.97 Å². The van der Waals surface area contributed by atoms with Crippen LogP contribution in [0.3, 0.4) is 0 Å². The van der Waals surface area contributed by atoms with Gasteiger partial charge in [-0.15, -0.1) is 0 Å². The Kier molecular flexibility index (Phi) is 3.69. The summed E-state index contributed by atoms with van der Waals surface area (Å²) in [4.78, 5) is 15.8. The number of nitrogens with zero attached hydrogens (tertiary/aromatic N) is 1. The largest absolute Gasteiger partial charge is 0.481 e. The Balaban J connectivity index is 2.19. The fourth-order valence-electron chi connectivity index (χ4n) is 2.89. The second-order valence-corrected chi connectivity index (χ2v) is 5.82. The molecule has 3 heteroatoms. The van der Waals surface area contributed by atoms with E-state index < -0.39 is 11.4 Å². The lowest BCUT2D eigenvalue weighted by molar-refractivity contribution is -0.151. The Morgan fingerprint density at radius 3 is 2.67 bits per heavy atom. The van der Waals surface area contributed by atoms with E-state index in [1.807, 2.05) is 6.92 Å². The van der Waals surface area contributed by atoms with Crippen molar-refractivity contribution in [2.45, 2.75) is 46.0 Å². The van der Waals surface area contributed by atoms with E-state index in [2.05, 4.69) is 18.0 Å². The molecule has 1 aromatic heterocycles. The summed E-state index contributed by atoms with van der Waals surface area (Å²) < 4.78 is 0. The normalized spacial score (nSPS) is 28.0. The van der Waals surface area contributed by atoms with E-state index in [0.717, 1.165) is 36.8 Å². The van der Waals surface area contributed by atoms with E-state index in [1.54, 1.807) is 12.4 Å². The first-order valence-corrected chi connectivity index (χ1v) is 6.66. The minimum atomic E-state index is -0.643. The number of carboxylic acid groups (broad SMARTS) is 1. The molecule has 0 aliphatic heterocycles. The van der Waals surface area contributed by atoms with Gasteiger partial charge in [-0.25, -0.2) is 0 Å². The molecule has 0 unspecified atom stereocenters. The molecule has 0 aromatic carbocycles. The molecule has 1 heterocycles. The van der Waals surface area contributed by atoms with E-state index in [1.165, 1.54) is 0 Å². The molecule has 1 N–H and O–H groups in total. The van der Waals surface area contributed by atoms with Gasteiger partial charge >= 0.3 is 5.97 Å². The van der Waals surface area contributed by atoms with Gasteiger partial charge in [0.2, 0.25) is 0 Å². The Morgan fingerprint density at radius 1 is 1.44 bits per heavy atom. The van der Waals surface area contributed by atoms with Crippen molar-refractivity contribution < 1.29 is 9.90 Å². The second kappa shape index (κ2) is 5.09. The van der Waals surface area contributed by atoms with Crippen molar-refractivity contribution in [3.05, 3.63) is 29.6 Å². The quantitative estimate of drug-likeness (QED) is 0.892. The van der Waals surface area contributed by atoms with Crippen LogP contribution in [0, 0.1) is 18.3 Å². The Bertz CT molecular complexity index is 434. The number of aromatic nitrogens is 1. The molecule has 1 aliphatic carbocycles. The van der Waals surface area contributed by atoms with Gasteiger partial charge in [0.1, 0.15) is 0 Å². The van der Waals surface area contributed by atoms with Crippen LogP contribution in [0.1, 0.15) is 43.7 Å². The van der Waals surface area contributed by atoms with Gasteiger partial charge in [-0.1, -0.05) is 13.0 Å². The maximum absolute atomic E-state index is 11.7. The van der Waals surface area contributed by atoms with Crippen molar-refractivity contribution in [2.75, 3.05) is 0 Å². The lowest BCUT2D eigenvalue weighted by atomic mass is 9.68. The molecule has 0 bridgehead atoms. The fraction of sp³-hybridized carbons (Fsp3) is 0.600. The molecule has 2 rings (SSSR count). The second-order valence-electron chi connectivity index (χ2n) is 5.82. The van der Waals surface area contributed by atoms with Crippen molar-refractivity contribution in [3.63, 3.8) is 0 Å². The summed E-state index contributed by atoms with van der Waals surface area (Å²) in [6.45, 7) is 4.20. The molecule has 98 valence electrons.